The van der Waals surface area contributed by atoms with Crippen LogP contribution < -0.4 is 14.4 Å². The first-order valence-electron chi connectivity index (χ1n) is 11.7. The molecule has 182 valence electrons. The molecular weight excluding hydrogens is 446 g/mol. The number of anilines is 2. The minimum absolute atomic E-state index is 0.0256. The number of aliphatic hydroxyl groups is 1. The Morgan fingerprint density at radius 2 is 2.00 bits per heavy atom. The molecule has 1 aliphatic rings. The standard InChI is InChI=1S/C26H29N5O4/c1-33-20-7-9-25(34-2)24(14-20)30(10-11-32)19-6-8-21-22(13-19)29-23(16-27-21)18-15-28-31(17-18)26-5-3-4-12-35-26/h6-9,13-17,26,32H,3-5,10-12H2,1-2H3. The normalized spacial score (nSPS) is 15.8. The van der Waals surface area contributed by atoms with Gasteiger partial charge in [-0.3, -0.25) is 4.98 Å². The van der Waals surface area contributed by atoms with Crippen molar-refractivity contribution in [1.29, 1.82) is 0 Å². The molecule has 0 amide bonds. The van der Waals surface area contributed by atoms with Gasteiger partial charge in [-0.05, 0) is 49.6 Å². The van der Waals surface area contributed by atoms with E-state index in [0.29, 0.717) is 18.0 Å². The molecule has 1 atom stereocenters. The highest BCUT2D eigenvalue weighted by atomic mass is 16.5. The van der Waals surface area contributed by atoms with Gasteiger partial charge in [-0.2, -0.15) is 5.10 Å². The number of ether oxygens (including phenoxy) is 3. The van der Waals surface area contributed by atoms with E-state index >= 15 is 0 Å². The molecule has 1 fully saturated rings. The summed E-state index contributed by atoms with van der Waals surface area (Å²) in [6.45, 7) is 1.10. The Balaban J connectivity index is 1.50. The van der Waals surface area contributed by atoms with Gasteiger partial charge in [0.2, 0.25) is 0 Å². The van der Waals surface area contributed by atoms with E-state index in [1.54, 1.807) is 26.6 Å². The fraction of sp³-hybridized carbons (Fsp3) is 0.346. The van der Waals surface area contributed by atoms with Gasteiger partial charge in [-0.25, -0.2) is 9.67 Å². The third-order valence-electron chi connectivity index (χ3n) is 6.19. The number of fused-ring (bicyclic) bond motifs is 1. The Bertz CT molecular complexity index is 1300. The monoisotopic (exact) mass is 475 g/mol. The SMILES string of the molecule is COc1ccc(OC)c(N(CCO)c2ccc3ncc(-c4cnn(C5CCCCO5)c4)nc3c2)c1. The molecule has 0 bridgehead atoms. The second-order valence-corrected chi connectivity index (χ2v) is 8.37. The molecule has 5 rings (SSSR count). The molecule has 0 aliphatic carbocycles. The first-order chi connectivity index (χ1) is 17.2. The third kappa shape index (κ3) is 4.78. The Hall–Kier alpha value is -3.69. The molecule has 1 saturated heterocycles. The summed E-state index contributed by atoms with van der Waals surface area (Å²) in [4.78, 5) is 11.5. The minimum atomic E-state index is -0.0352. The summed E-state index contributed by atoms with van der Waals surface area (Å²) in [5.74, 6) is 1.38. The lowest BCUT2D eigenvalue weighted by atomic mass is 10.2. The molecule has 9 heteroatoms. The van der Waals surface area contributed by atoms with E-state index in [1.165, 1.54) is 0 Å². The van der Waals surface area contributed by atoms with E-state index in [-0.39, 0.29) is 12.8 Å². The number of nitrogens with zero attached hydrogens (tertiary/aromatic N) is 5. The molecule has 9 nitrogen and oxygen atoms in total. The smallest absolute Gasteiger partial charge is 0.150 e. The third-order valence-corrected chi connectivity index (χ3v) is 6.19. The lowest BCUT2D eigenvalue weighted by Crippen LogP contribution is -2.21. The summed E-state index contributed by atoms with van der Waals surface area (Å²) >= 11 is 0. The van der Waals surface area contributed by atoms with Crippen LogP contribution in [0.25, 0.3) is 22.3 Å². The molecule has 2 aromatic carbocycles. The number of aromatic nitrogens is 4. The zero-order chi connectivity index (χ0) is 24.2. The van der Waals surface area contributed by atoms with Crippen LogP contribution in [0.4, 0.5) is 11.4 Å². The van der Waals surface area contributed by atoms with Crippen molar-refractivity contribution in [3.05, 3.63) is 55.0 Å². The van der Waals surface area contributed by atoms with E-state index in [4.69, 9.17) is 19.2 Å². The zero-order valence-corrected chi connectivity index (χ0v) is 19.9. The van der Waals surface area contributed by atoms with Crippen LogP contribution in [-0.4, -0.2) is 58.8 Å². The highest BCUT2D eigenvalue weighted by molar-refractivity contribution is 5.83. The van der Waals surface area contributed by atoms with Crippen molar-refractivity contribution in [3.8, 4) is 22.8 Å². The van der Waals surface area contributed by atoms with Gasteiger partial charge in [-0.1, -0.05) is 0 Å². The second-order valence-electron chi connectivity index (χ2n) is 8.37. The first kappa shape index (κ1) is 23.1. The van der Waals surface area contributed by atoms with E-state index in [0.717, 1.165) is 59.5 Å². The van der Waals surface area contributed by atoms with Crippen molar-refractivity contribution in [1.82, 2.24) is 19.7 Å². The lowest BCUT2D eigenvalue weighted by Gasteiger charge is -2.26. The largest absolute Gasteiger partial charge is 0.497 e. The van der Waals surface area contributed by atoms with Crippen LogP contribution >= 0.6 is 0 Å². The van der Waals surface area contributed by atoms with Crippen molar-refractivity contribution < 1.29 is 19.3 Å². The average molecular weight is 476 g/mol. The molecule has 1 unspecified atom stereocenters. The lowest BCUT2D eigenvalue weighted by molar-refractivity contribution is -0.0394. The second kappa shape index (κ2) is 10.3. The quantitative estimate of drug-likeness (QED) is 0.402. The Labute approximate surface area is 203 Å². The predicted molar refractivity (Wildman–Crippen MR) is 133 cm³/mol. The molecule has 0 saturated carbocycles. The molecule has 3 heterocycles. The van der Waals surface area contributed by atoms with Gasteiger partial charge in [-0.15, -0.1) is 0 Å². The number of hydrogen-bond acceptors (Lipinski definition) is 8. The van der Waals surface area contributed by atoms with Crippen molar-refractivity contribution in [3.63, 3.8) is 0 Å². The molecule has 1 N–H and O–H groups in total. The van der Waals surface area contributed by atoms with Crippen LogP contribution in [-0.2, 0) is 4.74 Å². The minimum Gasteiger partial charge on any atom is -0.497 e. The van der Waals surface area contributed by atoms with E-state index in [9.17, 15) is 5.11 Å². The van der Waals surface area contributed by atoms with Crippen molar-refractivity contribution in [2.24, 2.45) is 0 Å². The topological polar surface area (TPSA) is 94.8 Å². The highest BCUT2D eigenvalue weighted by Crippen LogP contribution is 2.37. The summed E-state index contributed by atoms with van der Waals surface area (Å²) in [7, 11) is 3.25. The van der Waals surface area contributed by atoms with Crippen LogP contribution in [0.15, 0.2) is 55.0 Å². The van der Waals surface area contributed by atoms with Gasteiger partial charge in [0.05, 0.1) is 55.6 Å². The Kier molecular flexibility index (Phi) is 6.78. The van der Waals surface area contributed by atoms with Gasteiger partial charge in [0.15, 0.2) is 0 Å². The summed E-state index contributed by atoms with van der Waals surface area (Å²) in [5, 5.41) is 14.3. The summed E-state index contributed by atoms with van der Waals surface area (Å²) in [6, 6.07) is 11.4. The molecule has 0 spiro atoms. The van der Waals surface area contributed by atoms with Gasteiger partial charge >= 0.3 is 0 Å². The van der Waals surface area contributed by atoms with Gasteiger partial charge < -0.3 is 24.2 Å². The van der Waals surface area contributed by atoms with Crippen LogP contribution in [0.5, 0.6) is 11.5 Å². The fourth-order valence-corrected chi connectivity index (χ4v) is 4.36. The van der Waals surface area contributed by atoms with Crippen LogP contribution in [0.3, 0.4) is 0 Å². The number of rotatable bonds is 8. The van der Waals surface area contributed by atoms with Gasteiger partial charge in [0, 0.05) is 36.7 Å². The maximum absolute atomic E-state index is 9.80. The van der Waals surface area contributed by atoms with Crippen molar-refractivity contribution in [2.75, 3.05) is 38.9 Å². The van der Waals surface area contributed by atoms with E-state index in [2.05, 4.69) is 10.1 Å². The fourth-order valence-electron chi connectivity index (χ4n) is 4.36. The zero-order valence-electron chi connectivity index (χ0n) is 19.9. The van der Waals surface area contributed by atoms with Crippen LogP contribution in [0.1, 0.15) is 25.5 Å². The van der Waals surface area contributed by atoms with Gasteiger partial charge in [0.25, 0.3) is 0 Å². The number of methoxy groups -OCH3 is 2. The molecule has 4 aromatic rings. The van der Waals surface area contributed by atoms with Gasteiger partial charge in [0.1, 0.15) is 17.7 Å². The van der Waals surface area contributed by atoms with Crippen LogP contribution in [0.2, 0.25) is 0 Å². The Morgan fingerprint density at radius 1 is 1.09 bits per heavy atom. The van der Waals surface area contributed by atoms with Crippen molar-refractivity contribution >= 4 is 22.4 Å². The molecule has 0 radical (unpaired) electrons. The molecule has 35 heavy (non-hydrogen) atoms. The summed E-state index contributed by atoms with van der Waals surface area (Å²) in [6.07, 6.45) is 8.71. The molecular formula is C26H29N5O4. The van der Waals surface area contributed by atoms with E-state index < -0.39 is 0 Å². The number of aliphatic hydroxyl groups excluding tert-OH is 1. The number of benzene rings is 2. The Morgan fingerprint density at radius 3 is 2.77 bits per heavy atom. The molecule has 1 aliphatic heterocycles. The average Bonchev–Trinajstić information content (AvgIpc) is 3.42. The maximum atomic E-state index is 9.80. The molecule has 2 aromatic heterocycles. The summed E-state index contributed by atoms with van der Waals surface area (Å²) in [5.41, 5.74) is 4.80. The number of hydrogen-bond donors (Lipinski definition) is 1. The maximum Gasteiger partial charge on any atom is 0.150 e. The van der Waals surface area contributed by atoms with E-state index in [1.807, 2.05) is 52.2 Å². The summed E-state index contributed by atoms with van der Waals surface area (Å²) < 4.78 is 18.7. The highest BCUT2D eigenvalue weighted by Gasteiger charge is 2.19. The predicted octanol–water partition coefficient (Wildman–Crippen LogP) is 4.34. The van der Waals surface area contributed by atoms with Crippen molar-refractivity contribution in [2.45, 2.75) is 25.5 Å². The first-order valence-corrected chi connectivity index (χ1v) is 11.7. The van der Waals surface area contributed by atoms with Crippen LogP contribution in [0, 0.1) is 0 Å².